The Morgan fingerprint density at radius 1 is 1.33 bits per heavy atom. The van der Waals surface area contributed by atoms with Gasteiger partial charge < -0.3 is 10.6 Å². The van der Waals surface area contributed by atoms with Gasteiger partial charge in [0, 0.05) is 30.4 Å². The largest absolute Gasteiger partial charge is 0.357 e. The van der Waals surface area contributed by atoms with Crippen LogP contribution in [-0.4, -0.2) is 29.8 Å². The van der Waals surface area contributed by atoms with Crippen LogP contribution in [0.15, 0.2) is 30.5 Å². The molecule has 1 aromatic heterocycles. The lowest BCUT2D eigenvalue weighted by Crippen LogP contribution is -2.42. The van der Waals surface area contributed by atoms with Crippen molar-refractivity contribution in [3.05, 3.63) is 30.5 Å². The normalized spacial score (nSPS) is 22.8. The zero-order valence-electron chi connectivity index (χ0n) is 10.6. The van der Waals surface area contributed by atoms with E-state index in [0.717, 1.165) is 30.6 Å². The second kappa shape index (κ2) is 4.53. The molecule has 4 nitrogen and oxygen atoms in total. The average molecular weight is 242 g/mol. The van der Waals surface area contributed by atoms with Crippen LogP contribution in [0.4, 0.5) is 5.82 Å². The zero-order valence-corrected chi connectivity index (χ0v) is 10.6. The number of fused-ring (bicyclic) bond motifs is 1. The molecule has 0 aliphatic heterocycles. The van der Waals surface area contributed by atoms with Crippen LogP contribution < -0.4 is 10.6 Å². The predicted octanol–water partition coefficient (Wildman–Crippen LogP) is 1.80. The van der Waals surface area contributed by atoms with Gasteiger partial charge in [-0.2, -0.15) is 5.10 Å². The molecule has 2 N–H and O–H groups in total. The van der Waals surface area contributed by atoms with Crippen molar-refractivity contribution < 1.29 is 0 Å². The first-order valence-electron chi connectivity index (χ1n) is 6.41. The predicted molar refractivity (Wildman–Crippen MR) is 73.5 cm³/mol. The summed E-state index contributed by atoms with van der Waals surface area (Å²) in [6.07, 6.45) is 4.07. The van der Waals surface area contributed by atoms with Crippen LogP contribution in [0.3, 0.4) is 0 Å². The highest BCUT2D eigenvalue weighted by Crippen LogP contribution is 2.29. The number of rotatable bonds is 3. The summed E-state index contributed by atoms with van der Waals surface area (Å²) in [5.41, 5.74) is 5.83. The Bertz CT molecular complexity index is 543. The fourth-order valence-electron chi connectivity index (χ4n) is 2.70. The molecule has 0 amide bonds. The van der Waals surface area contributed by atoms with E-state index in [-0.39, 0.29) is 0 Å². The molecule has 94 valence electrons. The first-order chi connectivity index (χ1) is 8.74. The molecule has 3 rings (SSSR count). The number of nitrogens with zero attached hydrogens (tertiary/aromatic N) is 3. The molecule has 18 heavy (non-hydrogen) atoms. The lowest BCUT2D eigenvalue weighted by atomic mass is 9.80. The van der Waals surface area contributed by atoms with Crippen molar-refractivity contribution in [2.45, 2.75) is 18.9 Å². The summed E-state index contributed by atoms with van der Waals surface area (Å²) in [6.45, 7) is 1.01. The molecule has 0 bridgehead atoms. The van der Waals surface area contributed by atoms with Crippen LogP contribution in [0, 0.1) is 5.92 Å². The van der Waals surface area contributed by atoms with Gasteiger partial charge in [0.15, 0.2) is 5.82 Å². The lowest BCUT2D eigenvalue weighted by Gasteiger charge is -2.35. The Morgan fingerprint density at radius 3 is 2.89 bits per heavy atom. The molecular formula is C14H18N4. The Balaban J connectivity index is 1.84. The Morgan fingerprint density at radius 2 is 2.11 bits per heavy atom. The summed E-state index contributed by atoms with van der Waals surface area (Å²) >= 11 is 0. The molecule has 1 fully saturated rings. The first kappa shape index (κ1) is 11.4. The smallest absolute Gasteiger partial charge is 0.158 e. The Hall–Kier alpha value is -1.68. The molecule has 2 aromatic rings. The molecule has 1 aromatic carbocycles. The van der Waals surface area contributed by atoms with Crippen molar-refractivity contribution >= 4 is 16.6 Å². The van der Waals surface area contributed by atoms with Crippen LogP contribution in [0.25, 0.3) is 10.8 Å². The average Bonchev–Trinajstić information content (AvgIpc) is 2.36. The third-order valence-electron chi connectivity index (χ3n) is 3.72. The van der Waals surface area contributed by atoms with E-state index in [1.165, 1.54) is 5.39 Å². The first-order valence-corrected chi connectivity index (χ1v) is 6.41. The molecule has 0 spiro atoms. The lowest BCUT2D eigenvalue weighted by molar-refractivity contribution is 0.270. The van der Waals surface area contributed by atoms with Crippen molar-refractivity contribution in [3.63, 3.8) is 0 Å². The number of anilines is 1. The highest BCUT2D eigenvalue weighted by atomic mass is 15.2. The molecule has 1 aliphatic rings. The fraction of sp³-hybridized carbons (Fsp3) is 0.429. The third-order valence-corrected chi connectivity index (χ3v) is 3.72. The van der Waals surface area contributed by atoms with E-state index in [1.54, 1.807) is 0 Å². The molecule has 4 heteroatoms. The van der Waals surface area contributed by atoms with E-state index >= 15 is 0 Å². The number of nitrogens with two attached hydrogens (primary N) is 1. The van der Waals surface area contributed by atoms with Crippen molar-refractivity contribution in [2.75, 3.05) is 18.5 Å². The van der Waals surface area contributed by atoms with Gasteiger partial charge in [-0.3, -0.25) is 0 Å². The van der Waals surface area contributed by atoms with Gasteiger partial charge in [0.05, 0.1) is 6.20 Å². The Labute approximate surface area is 107 Å². The van der Waals surface area contributed by atoms with Gasteiger partial charge >= 0.3 is 0 Å². The molecule has 1 saturated carbocycles. The van der Waals surface area contributed by atoms with Crippen molar-refractivity contribution in [1.29, 1.82) is 0 Å². The highest BCUT2D eigenvalue weighted by Gasteiger charge is 2.27. The summed E-state index contributed by atoms with van der Waals surface area (Å²) in [4.78, 5) is 2.20. The second-order valence-corrected chi connectivity index (χ2v) is 5.23. The minimum absolute atomic E-state index is 0.405. The maximum absolute atomic E-state index is 5.83. The highest BCUT2D eigenvalue weighted by molar-refractivity contribution is 5.91. The minimum Gasteiger partial charge on any atom is -0.357 e. The zero-order chi connectivity index (χ0) is 12.5. The monoisotopic (exact) mass is 242 g/mol. The molecular weight excluding hydrogens is 224 g/mol. The van der Waals surface area contributed by atoms with Gasteiger partial charge in [0.1, 0.15) is 0 Å². The van der Waals surface area contributed by atoms with Crippen LogP contribution >= 0.6 is 0 Å². The van der Waals surface area contributed by atoms with E-state index < -0.39 is 0 Å². The van der Waals surface area contributed by atoms with Gasteiger partial charge in [-0.15, -0.1) is 5.10 Å². The van der Waals surface area contributed by atoms with E-state index in [1.807, 2.05) is 18.3 Å². The summed E-state index contributed by atoms with van der Waals surface area (Å²) in [6, 6.07) is 8.64. The number of hydrogen-bond acceptors (Lipinski definition) is 4. The summed E-state index contributed by atoms with van der Waals surface area (Å²) in [5.74, 6) is 1.67. The maximum Gasteiger partial charge on any atom is 0.158 e. The van der Waals surface area contributed by atoms with Crippen LogP contribution in [0.2, 0.25) is 0 Å². The van der Waals surface area contributed by atoms with Crippen molar-refractivity contribution in [1.82, 2.24) is 10.2 Å². The van der Waals surface area contributed by atoms with Gasteiger partial charge in [0.2, 0.25) is 0 Å². The second-order valence-electron chi connectivity index (χ2n) is 5.23. The van der Waals surface area contributed by atoms with Crippen LogP contribution in [-0.2, 0) is 0 Å². The topological polar surface area (TPSA) is 55.0 Å². The number of hydrogen-bond donors (Lipinski definition) is 1. The molecule has 0 unspecified atom stereocenters. The van der Waals surface area contributed by atoms with Gasteiger partial charge in [0.25, 0.3) is 0 Å². The summed E-state index contributed by atoms with van der Waals surface area (Å²) in [5, 5.41) is 10.7. The fourth-order valence-corrected chi connectivity index (χ4v) is 2.70. The molecule has 0 radical (unpaired) electrons. The third kappa shape index (κ3) is 2.04. The minimum atomic E-state index is 0.405. The van der Waals surface area contributed by atoms with Gasteiger partial charge in [-0.1, -0.05) is 24.3 Å². The van der Waals surface area contributed by atoms with Crippen molar-refractivity contribution in [2.24, 2.45) is 11.7 Å². The maximum atomic E-state index is 5.83. The molecule has 1 heterocycles. The summed E-state index contributed by atoms with van der Waals surface area (Å²) in [7, 11) is 2.08. The molecule has 1 aliphatic carbocycles. The summed E-state index contributed by atoms with van der Waals surface area (Å²) < 4.78 is 0. The Kier molecular flexibility index (Phi) is 2.88. The standard InChI is InChI=1S/C14H18N4/c1-18(9-10-6-12(15)7-10)14-13-5-3-2-4-11(13)8-16-17-14/h2-5,8,10,12H,6-7,9,15H2,1H3. The van der Waals surface area contributed by atoms with E-state index in [4.69, 9.17) is 5.73 Å². The van der Waals surface area contributed by atoms with Crippen LogP contribution in [0.1, 0.15) is 12.8 Å². The van der Waals surface area contributed by atoms with E-state index in [2.05, 4.69) is 34.3 Å². The quantitative estimate of drug-likeness (QED) is 0.891. The van der Waals surface area contributed by atoms with Gasteiger partial charge in [-0.05, 0) is 18.8 Å². The van der Waals surface area contributed by atoms with Gasteiger partial charge in [-0.25, -0.2) is 0 Å². The molecule has 0 atom stereocenters. The molecule has 0 saturated heterocycles. The SMILES string of the molecule is CN(CC1CC(N)C1)c1nncc2ccccc12. The van der Waals surface area contributed by atoms with E-state index in [0.29, 0.717) is 12.0 Å². The number of aromatic nitrogens is 2. The number of benzene rings is 1. The van der Waals surface area contributed by atoms with Crippen LogP contribution in [0.5, 0.6) is 0 Å². The van der Waals surface area contributed by atoms with E-state index in [9.17, 15) is 0 Å². The van der Waals surface area contributed by atoms with Crippen molar-refractivity contribution in [3.8, 4) is 0 Å².